The highest BCUT2D eigenvalue weighted by atomic mass is 16.7. The molecule has 0 aliphatic carbocycles. The number of rotatable bonds is 5. The molecule has 186 valence electrons. The minimum Gasteiger partial charge on any atom is -0.438 e. The van der Waals surface area contributed by atoms with E-state index in [1.54, 1.807) is 0 Å². The van der Waals surface area contributed by atoms with Crippen molar-refractivity contribution in [2.45, 2.75) is 52.7 Å². The number of hydrogen-bond acceptors (Lipinski definition) is 7. The van der Waals surface area contributed by atoms with E-state index in [1.807, 2.05) is 102 Å². The molecule has 0 spiro atoms. The van der Waals surface area contributed by atoms with Gasteiger partial charge in [-0.1, -0.05) is 24.3 Å². The molecule has 1 aromatic heterocycles. The Hall–Kier alpha value is -3.93. The van der Waals surface area contributed by atoms with Gasteiger partial charge in [0, 0.05) is 5.69 Å². The summed E-state index contributed by atoms with van der Waals surface area (Å²) in [5, 5.41) is 13.4. The van der Waals surface area contributed by atoms with E-state index < -0.39 is 18.3 Å². The number of nitrogens with one attached hydrogen (secondary N) is 1. The van der Waals surface area contributed by atoms with Crippen LogP contribution < -0.4 is 15.5 Å². The van der Waals surface area contributed by atoms with Crippen LogP contribution in [0.15, 0.2) is 60.7 Å². The van der Waals surface area contributed by atoms with Gasteiger partial charge >= 0.3 is 7.12 Å². The number of fused-ring (bicyclic) bond motifs is 1. The van der Waals surface area contributed by atoms with Crippen molar-refractivity contribution >= 4 is 35.1 Å². The highest BCUT2D eigenvalue weighted by molar-refractivity contribution is 6.62. The van der Waals surface area contributed by atoms with E-state index in [9.17, 15) is 5.26 Å². The molecule has 0 saturated carbocycles. The van der Waals surface area contributed by atoms with Gasteiger partial charge in [-0.25, -0.2) is 4.98 Å². The van der Waals surface area contributed by atoms with Crippen molar-refractivity contribution in [3.05, 3.63) is 77.4 Å². The summed E-state index contributed by atoms with van der Waals surface area (Å²) in [5.74, 6) is 1.54. The third kappa shape index (κ3) is 4.76. The molecule has 0 radical (unpaired) electrons. The molecule has 2 heterocycles. The molecule has 1 saturated heterocycles. The van der Waals surface area contributed by atoms with Crippen LogP contribution in [0.3, 0.4) is 0 Å². The number of para-hydroxylation sites is 1. The fourth-order valence-corrected chi connectivity index (χ4v) is 4.29. The van der Waals surface area contributed by atoms with E-state index in [0.717, 1.165) is 33.2 Å². The second-order valence-electron chi connectivity index (χ2n) is 10.4. The van der Waals surface area contributed by atoms with Crippen LogP contribution in [-0.2, 0) is 9.31 Å². The van der Waals surface area contributed by atoms with Crippen molar-refractivity contribution in [1.82, 2.24) is 9.97 Å². The lowest BCUT2D eigenvalue weighted by Gasteiger charge is -2.32. The number of anilines is 2. The molecule has 5 rings (SSSR count). The molecule has 37 heavy (non-hydrogen) atoms. The lowest BCUT2D eigenvalue weighted by Crippen LogP contribution is -2.41. The third-order valence-electron chi connectivity index (χ3n) is 7.05. The van der Waals surface area contributed by atoms with Crippen molar-refractivity contribution in [3.63, 3.8) is 0 Å². The van der Waals surface area contributed by atoms with E-state index in [4.69, 9.17) is 19.0 Å². The molecule has 1 fully saturated rings. The van der Waals surface area contributed by atoms with E-state index >= 15 is 0 Å². The molecule has 4 aromatic rings. The lowest BCUT2D eigenvalue weighted by molar-refractivity contribution is 0.00578. The topological polar surface area (TPSA) is 89.3 Å². The molecule has 0 unspecified atom stereocenters. The zero-order valence-electron chi connectivity index (χ0n) is 21.9. The van der Waals surface area contributed by atoms with Crippen molar-refractivity contribution in [1.29, 1.82) is 5.26 Å². The fraction of sp³-hybridized carbons (Fsp3) is 0.276. The van der Waals surface area contributed by atoms with Crippen molar-refractivity contribution in [2.24, 2.45) is 0 Å². The highest BCUT2D eigenvalue weighted by Gasteiger charge is 2.51. The first kappa shape index (κ1) is 24.8. The van der Waals surface area contributed by atoms with Gasteiger partial charge in [-0.15, -0.1) is 0 Å². The second-order valence-corrected chi connectivity index (χ2v) is 10.4. The fourth-order valence-electron chi connectivity index (χ4n) is 4.29. The molecular weight excluding hydrogens is 463 g/mol. The molecule has 7 nitrogen and oxygen atoms in total. The van der Waals surface area contributed by atoms with Gasteiger partial charge in [0.1, 0.15) is 5.75 Å². The lowest BCUT2D eigenvalue weighted by atomic mass is 9.79. The van der Waals surface area contributed by atoms with E-state index in [-0.39, 0.29) is 0 Å². The van der Waals surface area contributed by atoms with Gasteiger partial charge in [0.25, 0.3) is 0 Å². The first-order chi connectivity index (χ1) is 17.6. The Kier molecular flexibility index (Phi) is 6.14. The van der Waals surface area contributed by atoms with Crippen molar-refractivity contribution in [2.75, 3.05) is 5.32 Å². The van der Waals surface area contributed by atoms with E-state index in [2.05, 4.69) is 16.4 Å². The van der Waals surface area contributed by atoms with Crippen molar-refractivity contribution < 1.29 is 14.0 Å². The average Bonchev–Trinajstić information content (AvgIpc) is 3.08. The highest BCUT2D eigenvalue weighted by Crippen LogP contribution is 2.37. The summed E-state index contributed by atoms with van der Waals surface area (Å²) in [6.07, 6.45) is 0. The van der Waals surface area contributed by atoms with Crippen LogP contribution in [0, 0.1) is 25.2 Å². The summed E-state index contributed by atoms with van der Waals surface area (Å²) < 4.78 is 18.6. The minimum absolute atomic E-state index is 0.393. The van der Waals surface area contributed by atoms with Gasteiger partial charge in [-0.3, -0.25) is 0 Å². The third-order valence-corrected chi connectivity index (χ3v) is 7.05. The maximum absolute atomic E-state index is 9.28. The summed E-state index contributed by atoms with van der Waals surface area (Å²) in [5.41, 5.74) is 4.07. The molecule has 0 bridgehead atoms. The maximum Gasteiger partial charge on any atom is 0.494 e. The number of aryl methyl sites for hydroxylation is 2. The van der Waals surface area contributed by atoms with Crippen LogP contribution in [0.25, 0.3) is 10.9 Å². The number of aromatic nitrogens is 2. The Morgan fingerprint density at radius 3 is 2.14 bits per heavy atom. The molecule has 3 aromatic carbocycles. The zero-order chi connectivity index (χ0) is 26.4. The monoisotopic (exact) mass is 492 g/mol. The van der Waals surface area contributed by atoms with Crippen LogP contribution in [0.1, 0.15) is 44.4 Å². The Balaban J connectivity index is 1.43. The SMILES string of the molecule is Cc1cc(C#N)cc(C)c1Oc1nc(Nc2ccc(B3OC(C)(C)C(C)(C)O3)cc2)nc2ccccc12. The predicted octanol–water partition coefficient (Wildman–Crippen LogP) is 5.95. The first-order valence-corrected chi connectivity index (χ1v) is 12.2. The normalized spacial score (nSPS) is 16.0. The smallest absolute Gasteiger partial charge is 0.438 e. The van der Waals surface area contributed by atoms with Crippen LogP contribution in [-0.4, -0.2) is 28.3 Å². The number of ether oxygens (including phenoxy) is 1. The first-order valence-electron chi connectivity index (χ1n) is 12.2. The number of nitrogens with zero attached hydrogens (tertiary/aromatic N) is 3. The molecule has 0 amide bonds. The van der Waals surface area contributed by atoms with Crippen LogP contribution in [0.5, 0.6) is 11.6 Å². The Morgan fingerprint density at radius 1 is 0.892 bits per heavy atom. The average molecular weight is 492 g/mol. The molecular formula is C29H29BN4O3. The van der Waals surface area contributed by atoms with Gasteiger partial charge in [0.2, 0.25) is 11.8 Å². The molecule has 1 N–H and O–H groups in total. The van der Waals surface area contributed by atoms with Crippen LogP contribution in [0.4, 0.5) is 11.6 Å². The van der Waals surface area contributed by atoms with Gasteiger partial charge in [0.05, 0.1) is 33.7 Å². The summed E-state index contributed by atoms with van der Waals surface area (Å²) in [6.45, 7) is 12.0. The largest absolute Gasteiger partial charge is 0.494 e. The second kappa shape index (κ2) is 9.18. The van der Waals surface area contributed by atoms with Crippen molar-refractivity contribution in [3.8, 4) is 17.7 Å². The summed E-state index contributed by atoms with van der Waals surface area (Å²) in [4.78, 5) is 9.38. The Labute approximate surface area is 217 Å². The minimum atomic E-state index is -0.421. The number of nitriles is 1. The predicted molar refractivity (Wildman–Crippen MR) is 146 cm³/mol. The van der Waals surface area contributed by atoms with Gasteiger partial charge in [0.15, 0.2) is 0 Å². The van der Waals surface area contributed by atoms with Gasteiger partial charge in [-0.05, 0) is 94.5 Å². The molecule has 0 atom stereocenters. The van der Waals surface area contributed by atoms with E-state index in [1.165, 1.54) is 0 Å². The summed E-state index contributed by atoms with van der Waals surface area (Å²) in [7, 11) is -0.421. The number of benzene rings is 3. The van der Waals surface area contributed by atoms with Gasteiger partial charge in [-0.2, -0.15) is 10.2 Å². The van der Waals surface area contributed by atoms with Crippen LogP contribution >= 0.6 is 0 Å². The molecule has 8 heteroatoms. The Bertz CT molecular complexity index is 1490. The zero-order valence-corrected chi connectivity index (χ0v) is 21.9. The van der Waals surface area contributed by atoms with Crippen LogP contribution in [0.2, 0.25) is 0 Å². The molecule has 1 aliphatic rings. The Morgan fingerprint density at radius 2 is 1.51 bits per heavy atom. The summed E-state index contributed by atoms with van der Waals surface area (Å²) in [6, 6.07) is 21.4. The van der Waals surface area contributed by atoms with E-state index in [0.29, 0.717) is 23.1 Å². The molecule has 1 aliphatic heterocycles. The number of hydrogen-bond donors (Lipinski definition) is 1. The quantitative estimate of drug-likeness (QED) is 0.344. The maximum atomic E-state index is 9.28. The van der Waals surface area contributed by atoms with Gasteiger partial charge < -0.3 is 19.4 Å². The standard InChI is InChI=1S/C29H29BN4O3/c1-18-15-20(17-31)16-19(2)25(18)35-26-23-9-7-8-10-24(23)33-27(34-26)32-22-13-11-21(12-14-22)30-36-28(3,4)29(5,6)37-30/h7-16H,1-6H3,(H,32,33,34). The summed E-state index contributed by atoms with van der Waals surface area (Å²) >= 11 is 0.